The largest absolute Gasteiger partial charge is 0.481 e. The molecule has 1 heterocycles. The lowest BCUT2D eigenvalue weighted by molar-refractivity contribution is -0.136. The van der Waals surface area contributed by atoms with Crippen molar-refractivity contribution in [3.05, 3.63) is 45.3 Å². The van der Waals surface area contributed by atoms with E-state index in [2.05, 4.69) is 0 Å². The lowest BCUT2D eigenvalue weighted by Crippen LogP contribution is -2.06. The first-order valence-corrected chi connectivity index (χ1v) is 5.23. The lowest BCUT2D eigenvalue weighted by Gasteiger charge is -2.05. The molecule has 0 aliphatic carbocycles. The van der Waals surface area contributed by atoms with Crippen LogP contribution in [0.4, 0.5) is 0 Å². The van der Waals surface area contributed by atoms with Crippen molar-refractivity contribution >= 4 is 16.9 Å². The number of aryl methyl sites for hydroxylation is 2. The third-order valence-electron chi connectivity index (χ3n) is 2.51. The second kappa shape index (κ2) is 4.05. The molecule has 0 aliphatic rings. The molecule has 0 amide bonds. The Kier molecular flexibility index (Phi) is 2.71. The highest BCUT2D eigenvalue weighted by Crippen LogP contribution is 2.20. The Morgan fingerprint density at radius 2 is 2.00 bits per heavy atom. The molecule has 88 valence electrons. The van der Waals surface area contributed by atoms with Crippen molar-refractivity contribution in [2.45, 2.75) is 20.3 Å². The zero-order chi connectivity index (χ0) is 12.6. The van der Waals surface area contributed by atoms with E-state index in [0.717, 1.165) is 5.56 Å². The summed E-state index contributed by atoms with van der Waals surface area (Å²) in [6, 6.07) is 4.86. The van der Waals surface area contributed by atoms with E-state index in [1.54, 1.807) is 19.1 Å². The summed E-state index contributed by atoms with van der Waals surface area (Å²) in [5.74, 6) is -0.459. The Bertz CT molecular complexity index is 652. The molecule has 0 saturated heterocycles. The highest BCUT2D eigenvalue weighted by atomic mass is 16.4. The molecule has 4 nitrogen and oxygen atoms in total. The summed E-state index contributed by atoms with van der Waals surface area (Å²) >= 11 is 0. The quantitative estimate of drug-likeness (QED) is 0.860. The number of aliphatic carboxylic acids is 1. The molecule has 1 aromatic carbocycles. The predicted molar refractivity (Wildman–Crippen MR) is 63.3 cm³/mol. The fourth-order valence-corrected chi connectivity index (χ4v) is 1.90. The highest BCUT2D eigenvalue weighted by Gasteiger charge is 2.11. The van der Waals surface area contributed by atoms with Gasteiger partial charge in [-0.05, 0) is 25.5 Å². The van der Waals surface area contributed by atoms with E-state index in [4.69, 9.17) is 9.52 Å². The molecular weight excluding hydrogens is 220 g/mol. The van der Waals surface area contributed by atoms with Crippen LogP contribution in [0, 0.1) is 13.8 Å². The second-order valence-electron chi connectivity index (χ2n) is 4.09. The summed E-state index contributed by atoms with van der Waals surface area (Å²) < 4.78 is 5.47. The van der Waals surface area contributed by atoms with Gasteiger partial charge in [-0.15, -0.1) is 0 Å². The summed E-state index contributed by atoms with van der Waals surface area (Å²) in [5, 5.41) is 9.27. The Balaban J connectivity index is 2.82. The summed E-state index contributed by atoms with van der Waals surface area (Å²) in [4.78, 5) is 22.6. The van der Waals surface area contributed by atoms with Crippen LogP contribution in [-0.4, -0.2) is 11.1 Å². The van der Waals surface area contributed by atoms with Gasteiger partial charge in [0.25, 0.3) is 0 Å². The van der Waals surface area contributed by atoms with Gasteiger partial charge < -0.3 is 9.52 Å². The van der Waals surface area contributed by atoms with Crippen LogP contribution in [0.25, 0.3) is 11.0 Å². The van der Waals surface area contributed by atoms with Gasteiger partial charge in [-0.1, -0.05) is 6.07 Å². The smallest absolute Gasteiger partial charge is 0.307 e. The number of fused-ring (bicyclic) bond motifs is 1. The Labute approximate surface area is 97.5 Å². The van der Waals surface area contributed by atoms with E-state index in [9.17, 15) is 9.59 Å². The predicted octanol–water partition coefficient (Wildman–Crippen LogP) is 2.04. The fourth-order valence-electron chi connectivity index (χ4n) is 1.90. The van der Waals surface area contributed by atoms with Crippen molar-refractivity contribution in [2.24, 2.45) is 0 Å². The molecule has 0 saturated carbocycles. The Morgan fingerprint density at radius 3 is 2.65 bits per heavy atom. The first kappa shape index (κ1) is 11.4. The van der Waals surface area contributed by atoms with E-state index >= 15 is 0 Å². The van der Waals surface area contributed by atoms with Gasteiger partial charge in [0, 0.05) is 11.6 Å². The average molecular weight is 232 g/mol. The van der Waals surface area contributed by atoms with E-state index in [0.29, 0.717) is 22.3 Å². The van der Waals surface area contributed by atoms with Gasteiger partial charge in [0.2, 0.25) is 0 Å². The van der Waals surface area contributed by atoms with Crippen LogP contribution < -0.4 is 5.43 Å². The first-order chi connectivity index (χ1) is 7.97. The van der Waals surface area contributed by atoms with E-state index in [1.165, 1.54) is 6.07 Å². The molecule has 1 N–H and O–H groups in total. The van der Waals surface area contributed by atoms with Gasteiger partial charge in [-0.25, -0.2) is 0 Å². The standard InChI is InChI=1S/C13H12O4/c1-7-3-9(6-12(15)16)13-10(4-7)11(14)5-8(2)17-13/h3-5H,6H2,1-2H3,(H,15,16). The lowest BCUT2D eigenvalue weighted by atomic mass is 10.0. The molecule has 0 aliphatic heterocycles. The number of hydrogen-bond acceptors (Lipinski definition) is 3. The fraction of sp³-hybridized carbons (Fsp3) is 0.231. The minimum absolute atomic E-state index is 0.140. The molecule has 17 heavy (non-hydrogen) atoms. The summed E-state index contributed by atoms with van der Waals surface area (Å²) in [6.07, 6.45) is -0.148. The molecule has 0 atom stereocenters. The van der Waals surface area contributed by atoms with Gasteiger partial charge in [-0.2, -0.15) is 0 Å². The third-order valence-corrected chi connectivity index (χ3v) is 2.51. The van der Waals surface area contributed by atoms with E-state index < -0.39 is 5.97 Å². The summed E-state index contributed by atoms with van der Waals surface area (Å²) in [7, 11) is 0. The summed E-state index contributed by atoms with van der Waals surface area (Å²) in [5.41, 5.74) is 1.63. The minimum atomic E-state index is -0.943. The van der Waals surface area contributed by atoms with Gasteiger partial charge in [-0.3, -0.25) is 9.59 Å². The molecule has 2 rings (SSSR count). The number of carboxylic acids is 1. The van der Waals surface area contributed by atoms with Crippen LogP contribution in [0.3, 0.4) is 0 Å². The number of carbonyl (C=O) groups is 1. The van der Waals surface area contributed by atoms with Gasteiger partial charge in [0.1, 0.15) is 11.3 Å². The molecular formula is C13H12O4. The second-order valence-corrected chi connectivity index (χ2v) is 4.09. The van der Waals surface area contributed by atoms with Crippen molar-refractivity contribution in [3.63, 3.8) is 0 Å². The van der Waals surface area contributed by atoms with Gasteiger partial charge in [0.15, 0.2) is 5.43 Å². The van der Waals surface area contributed by atoms with Gasteiger partial charge in [0.05, 0.1) is 11.8 Å². The molecule has 0 unspecified atom stereocenters. The number of hydrogen-bond donors (Lipinski definition) is 1. The van der Waals surface area contributed by atoms with Crippen molar-refractivity contribution in [3.8, 4) is 0 Å². The molecule has 0 spiro atoms. The van der Waals surface area contributed by atoms with Crippen LogP contribution in [0.5, 0.6) is 0 Å². The molecule has 0 bridgehead atoms. The summed E-state index contributed by atoms with van der Waals surface area (Å²) in [6.45, 7) is 3.50. The maximum atomic E-state index is 11.8. The molecule has 4 heteroatoms. The maximum absolute atomic E-state index is 11.8. The van der Waals surface area contributed by atoms with Crippen LogP contribution in [0.2, 0.25) is 0 Å². The third kappa shape index (κ3) is 2.20. The number of rotatable bonds is 2. The van der Waals surface area contributed by atoms with Crippen molar-refractivity contribution in [1.29, 1.82) is 0 Å². The van der Waals surface area contributed by atoms with Gasteiger partial charge >= 0.3 is 5.97 Å². The molecule has 2 aromatic rings. The number of carboxylic acid groups (broad SMARTS) is 1. The maximum Gasteiger partial charge on any atom is 0.307 e. The monoisotopic (exact) mass is 232 g/mol. The van der Waals surface area contributed by atoms with Crippen LogP contribution >= 0.6 is 0 Å². The highest BCUT2D eigenvalue weighted by molar-refractivity contribution is 5.84. The minimum Gasteiger partial charge on any atom is -0.481 e. The normalized spacial score (nSPS) is 10.7. The van der Waals surface area contributed by atoms with Crippen LogP contribution in [-0.2, 0) is 11.2 Å². The first-order valence-electron chi connectivity index (χ1n) is 5.23. The number of benzene rings is 1. The Hall–Kier alpha value is -2.10. The van der Waals surface area contributed by atoms with Crippen molar-refractivity contribution in [1.82, 2.24) is 0 Å². The van der Waals surface area contributed by atoms with Crippen LogP contribution in [0.15, 0.2) is 27.4 Å². The van der Waals surface area contributed by atoms with E-state index in [-0.39, 0.29) is 11.8 Å². The van der Waals surface area contributed by atoms with Crippen LogP contribution in [0.1, 0.15) is 16.9 Å². The zero-order valence-corrected chi connectivity index (χ0v) is 9.61. The van der Waals surface area contributed by atoms with Crippen molar-refractivity contribution < 1.29 is 14.3 Å². The molecule has 0 radical (unpaired) electrons. The SMILES string of the molecule is Cc1cc(CC(=O)O)c2oc(C)cc(=O)c2c1. The van der Waals surface area contributed by atoms with E-state index in [1.807, 2.05) is 6.92 Å². The molecule has 0 fully saturated rings. The van der Waals surface area contributed by atoms with Crippen molar-refractivity contribution in [2.75, 3.05) is 0 Å². The molecule has 1 aromatic heterocycles. The zero-order valence-electron chi connectivity index (χ0n) is 9.61. The topological polar surface area (TPSA) is 67.5 Å². The Morgan fingerprint density at radius 1 is 1.29 bits per heavy atom. The average Bonchev–Trinajstić information content (AvgIpc) is 2.19.